The Labute approximate surface area is 288 Å². The molecular weight excluding hydrogens is 634 g/mol. The summed E-state index contributed by atoms with van der Waals surface area (Å²) in [6, 6.07) is 7.18. The van der Waals surface area contributed by atoms with Gasteiger partial charge in [0.2, 0.25) is 23.6 Å². The maximum Gasteiger partial charge on any atom is 0.326 e. The third-order valence-corrected chi connectivity index (χ3v) is 8.15. The minimum absolute atomic E-state index is 0.0864. The molecule has 49 heavy (non-hydrogen) atoms. The smallest absolute Gasteiger partial charge is 0.326 e. The van der Waals surface area contributed by atoms with Gasteiger partial charge in [0.1, 0.15) is 12.1 Å². The van der Waals surface area contributed by atoms with Crippen LogP contribution in [0.25, 0.3) is 0 Å². The van der Waals surface area contributed by atoms with E-state index in [1.165, 1.54) is 4.90 Å². The Balaban J connectivity index is 1.81. The van der Waals surface area contributed by atoms with Crippen molar-refractivity contribution >= 4 is 35.6 Å². The highest BCUT2D eigenvalue weighted by Gasteiger charge is 2.38. The molecular formula is C34H55N7O8. The van der Waals surface area contributed by atoms with Gasteiger partial charge < -0.3 is 41.7 Å². The quantitative estimate of drug-likeness (QED) is 0.0417. The number of ether oxygens (including phenoxy) is 1. The molecule has 2 rings (SSSR count). The topological polar surface area (TPSA) is 221 Å². The number of benzene rings is 1. The summed E-state index contributed by atoms with van der Waals surface area (Å²) in [4.78, 5) is 75.9. The summed E-state index contributed by atoms with van der Waals surface area (Å²) >= 11 is 0. The maximum atomic E-state index is 13.7. The van der Waals surface area contributed by atoms with Gasteiger partial charge in [0.05, 0.1) is 12.6 Å². The number of likely N-dealkylation sites (tertiary alicyclic amines) is 1. The molecule has 0 aliphatic carbocycles. The number of hydrogen-bond acceptors (Lipinski definition) is 10. The van der Waals surface area contributed by atoms with Crippen LogP contribution in [0.5, 0.6) is 0 Å². The number of carboxylic acids is 1. The van der Waals surface area contributed by atoms with Crippen molar-refractivity contribution in [3.8, 4) is 0 Å². The molecule has 0 aromatic heterocycles. The fraction of sp³-hybridized carbons (Fsp3) is 0.647. The molecule has 8 N–H and O–H groups in total. The number of carbonyl (C=O) groups is 6. The number of aryl methyl sites for hydroxylation is 1. The van der Waals surface area contributed by atoms with Gasteiger partial charge in [-0.3, -0.25) is 29.3 Å². The van der Waals surface area contributed by atoms with Gasteiger partial charge >= 0.3 is 11.9 Å². The van der Waals surface area contributed by atoms with Crippen molar-refractivity contribution in [1.29, 1.82) is 0 Å². The summed E-state index contributed by atoms with van der Waals surface area (Å²) < 4.78 is 5.31. The molecule has 1 saturated heterocycles. The molecule has 1 aliphatic rings. The van der Waals surface area contributed by atoms with Gasteiger partial charge in [-0.05, 0) is 70.4 Å². The average Bonchev–Trinajstić information content (AvgIpc) is 3.58. The van der Waals surface area contributed by atoms with E-state index in [4.69, 9.17) is 10.5 Å². The number of aliphatic carboxylic acids is 1. The van der Waals surface area contributed by atoms with Gasteiger partial charge in [-0.25, -0.2) is 4.79 Å². The van der Waals surface area contributed by atoms with E-state index >= 15 is 0 Å². The van der Waals surface area contributed by atoms with E-state index in [-0.39, 0.29) is 56.2 Å². The number of nitrogens with zero attached hydrogens (tertiary/aromatic N) is 1. The van der Waals surface area contributed by atoms with E-state index in [1.54, 1.807) is 6.92 Å². The van der Waals surface area contributed by atoms with Crippen LogP contribution in [-0.2, 0) is 39.9 Å². The molecule has 3 atom stereocenters. The number of nitrogens with two attached hydrogens (primary N) is 1. The summed E-state index contributed by atoms with van der Waals surface area (Å²) in [5.74, 6) is -2.53. The highest BCUT2D eigenvalue weighted by molar-refractivity contribution is 5.88. The molecule has 0 spiro atoms. The maximum absolute atomic E-state index is 13.7. The number of nitrogens with one attached hydrogen (secondary N) is 5. The molecule has 4 amide bonds. The molecule has 1 aliphatic heterocycles. The Bertz CT molecular complexity index is 1190. The zero-order valence-electron chi connectivity index (χ0n) is 28.7. The van der Waals surface area contributed by atoms with Crippen molar-refractivity contribution in [3.05, 3.63) is 35.9 Å². The number of unbranched alkanes of at least 4 members (excludes halogenated alkanes) is 1. The molecule has 15 heteroatoms. The van der Waals surface area contributed by atoms with Gasteiger partial charge in [0.15, 0.2) is 0 Å². The largest absolute Gasteiger partial charge is 0.480 e. The van der Waals surface area contributed by atoms with Crippen molar-refractivity contribution < 1.29 is 38.6 Å². The predicted molar refractivity (Wildman–Crippen MR) is 183 cm³/mol. The molecule has 1 aromatic rings. The van der Waals surface area contributed by atoms with Crippen molar-refractivity contribution in [2.45, 2.75) is 95.7 Å². The molecule has 0 bridgehead atoms. The lowest BCUT2D eigenvalue weighted by atomic mass is 10.0. The lowest BCUT2D eigenvalue weighted by Gasteiger charge is -2.30. The van der Waals surface area contributed by atoms with Gasteiger partial charge in [0.25, 0.3) is 0 Å². The average molecular weight is 690 g/mol. The predicted octanol–water partition coefficient (Wildman–Crippen LogP) is 0.170. The fourth-order valence-corrected chi connectivity index (χ4v) is 5.55. The first-order chi connectivity index (χ1) is 23.7. The van der Waals surface area contributed by atoms with Crippen LogP contribution in [-0.4, -0.2) is 110 Å². The Morgan fingerprint density at radius 2 is 1.51 bits per heavy atom. The molecule has 2 unspecified atom stereocenters. The zero-order valence-corrected chi connectivity index (χ0v) is 28.7. The molecule has 15 nitrogen and oxygen atoms in total. The lowest BCUT2D eigenvalue weighted by molar-refractivity contribution is -0.150. The normalized spacial score (nSPS) is 15.2. The lowest BCUT2D eigenvalue weighted by Crippen LogP contribution is -2.54. The van der Waals surface area contributed by atoms with Crippen molar-refractivity contribution in [2.24, 2.45) is 5.73 Å². The Hall–Kier alpha value is -4.08. The third-order valence-electron chi connectivity index (χ3n) is 8.15. The number of rotatable bonds is 25. The fourth-order valence-electron chi connectivity index (χ4n) is 5.55. The molecule has 0 radical (unpaired) electrons. The molecule has 0 saturated carbocycles. The highest BCUT2D eigenvalue weighted by atomic mass is 16.5. The number of esters is 1. The number of carbonyl (C=O) groups excluding carboxylic acids is 5. The second-order valence-corrected chi connectivity index (χ2v) is 11.9. The van der Waals surface area contributed by atoms with Crippen LogP contribution < -0.4 is 32.3 Å². The Morgan fingerprint density at radius 3 is 2.14 bits per heavy atom. The van der Waals surface area contributed by atoms with Crippen LogP contribution in [0.1, 0.15) is 76.7 Å². The van der Waals surface area contributed by atoms with E-state index in [0.29, 0.717) is 84.1 Å². The van der Waals surface area contributed by atoms with Crippen LogP contribution in [0, 0.1) is 0 Å². The minimum Gasteiger partial charge on any atom is -0.480 e. The summed E-state index contributed by atoms with van der Waals surface area (Å²) in [5, 5.41) is 24.0. The van der Waals surface area contributed by atoms with Crippen LogP contribution in [0.15, 0.2) is 30.3 Å². The van der Waals surface area contributed by atoms with Gasteiger partial charge in [-0.15, -0.1) is 0 Å². The van der Waals surface area contributed by atoms with E-state index in [9.17, 15) is 33.9 Å². The van der Waals surface area contributed by atoms with Crippen LogP contribution in [0.2, 0.25) is 0 Å². The summed E-state index contributed by atoms with van der Waals surface area (Å²) in [6.07, 6.45) is 4.51. The monoisotopic (exact) mass is 689 g/mol. The number of hydrogen-bond donors (Lipinski definition) is 7. The van der Waals surface area contributed by atoms with E-state index in [1.807, 2.05) is 30.3 Å². The van der Waals surface area contributed by atoms with Crippen molar-refractivity contribution in [3.63, 3.8) is 0 Å². The second kappa shape index (κ2) is 24.1. The number of carboxylic acid groups (broad SMARTS) is 1. The summed E-state index contributed by atoms with van der Waals surface area (Å²) in [6.45, 7) is 3.94. The minimum atomic E-state index is -1.05. The van der Waals surface area contributed by atoms with E-state index < -0.39 is 30.1 Å². The van der Waals surface area contributed by atoms with Gasteiger partial charge in [-0.1, -0.05) is 30.3 Å². The highest BCUT2D eigenvalue weighted by Crippen LogP contribution is 2.20. The van der Waals surface area contributed by atoms with Crippen molar-refractivity contribution in [2.75, 3.05) is 46.0 Å². The second-order valence-electron chi connectivity index (χ2n) is 11.9. The SMILES string of the molecule is CCOC(=O)C(CCc1ccccc1)N[C@@H](CCCCNC(=O)CCNC(=O)CCNC(=O)CCCNCN)C(=O)N1CCCC1C(=O)O. The Kier molecular flexibility index (Phi) is 20.2. The van der Waals surface area contributed by atoms with Crippen LogP contribution in [0.3, 0.4) is 0 Å². The molecule has 274 valence electrons. The summed E-state index contributed by atoms with van der Waals surface area (Å²) in [7, 11) is 0. The first-order valence-corrected chi connectivity index (χ1v) is 17.4. The first kappa shape index (κ1) is 41.1. The Morgan fingerprint density at radius 1 is 0.857 bits per heavy atom. The van der Waals surface area contributed by atoms with Crippen LogP contribution in [0.4, 0.5) is 0 Å². The van der Waals surface area contributed by atoms with E-state index in [0.717, 1.165) is 5.56 Å². The van der Waals surface area contributed by atoms with Crippen LogP contribution >= 0.6 is 0 Å². The third kappa shape index (κ3) is 16.7. The standard InChI is InChI=1S/C34H55N7O8/c1-2-49-34(48)27(16-15-25-10-4-3-5-11-25)40-26(32(45)41-23-9-13-28(41)33(46)47)12-6-7-20-37-30(43)17-22-39-31(44)18-21-38-29(42)14-8-19-36-24-35/h3-5,10-11,26-28,36,40H,2,6-9,12-24,35H2,1H3,(H,37,43)(H,38,42)(H,39,44)(H,46,47)/t26-,27?,28?/m0/s1. The van der Waals surface area contributed by atoms with Gasteiger partial charge in [0, 0.05) is 52.1 Å². The van der Waals surface area contributed by atoms with Gasteiger partial charge in [-0.2, -0.15) is 0 Å². The molecule has 1 fully saturated rings. The molecule has 1 heterocycles. The zero-order chi connectivity index (χ0) is 35.9. The molecule has 1 aromatic carbocycles. The summed E-state index contributed by atoms with van der Waals surface area (Å²) in [5.41, 5.74) is 6.37. The van der Waals surface area contributed by atoms with E-state index in [2.05, 4.69) is 26.6 Å². The number of amides is 4. The van der Waals surface area contributed by atoms with Crippen molar-refractivity contribution in [1.82, 2.24) is 31.5 Å². The first-order valence-electron chi connectivity index (χ1n) is 17.4.